The van der Waals surface area contributed by atoms with Gasteiger partial charge in [0.25, 0.3) is 11.6 Å². The third-order valence-corrected chi connectivity index (χ3v) is 4.72. The summed E-state index contributed by atoms with van der Waals surface area (Å²) in [5.41, 5.74) is 0.681. The Hall–Kier alpha value is -2.70. The number of nitro groups is 1. The van der Waals surface area contributed by atoms with Crippen LogP contribution in [0.3, 0.4) is 0 Å². The summed E-state index contributed by atoms with van der Waals surface area (Å²) in [5.74, 6) is 0.939. The number of rotatable bonds is 4. The first kappa shape index (κ1) is 17.1. The Labute approximate surface area is 146 Å². The number of hydrogen-bond donors (Lipinski definition) is 0. The van der Waals surface area contributed by atoms with Crippen molar-refractivity contribution in [2.24, 2.45) is 0 Å². The van der Waals surface area contributed by atoms with Gasteiger partial charge >= 0.3 is 0 Å². The summed E-state index contributed by atoms with van der Waals surface area (Å²) >= 11 is 0. The third-order valence-electron chi connectivity index (χ3n) is 4.72. The molecule has 1 saturated carbocycles. The SMILES string of the molecule is CN(C)C(=O)c1ccc(-n2ccnc2C2CCCCC2)c([N+](=O)[O-])c1. The Balaban J connectivity index is 2.04. The lowest BCUT2D eigenvalue weighted by Gasteiger charge is -2.22. The molecule has 0 spiro atoms. The Morgan fingerprint density at radius 1 is 1.28 bits per heavy atom. The molecule has 0 unspecified atom stereocenters. The number of aromatic nitrogens is 2. The van der Waals surface area contributed by atoms with Gasteiger partial charge in [0, 0.05) is 44.0 Å². The quantitative estimate of drug-likeness (QED) is 0.629. The fourth-order valence-corrected chi connectivity index (χ4v) is 3.45. The highest BCUT2D eigenvalue weighted by Gasteiger charge is 2.25. The summed E-state index contributed by atoms with van der Waals surface area (Å²) in [7, 11) is 3.25. The third kappa shape index (κ3) is 3.40. The van der Waals surface area contributed by atoms with Crippen molar-refractivity contribution in [2.45, 2.75) is 38.0 Å². The molecule has 7 nitrogen and oxygen atoms in total. The summed E-state index contributed by atoms with van der Waals surface area (Å²) in [6.45, 7) is 0. The fraction of sp³-hybridized carbons (Fsp3) is 0.444. The van der Waals surface area contributed by atoms with E-state index in [1.807, 2.05) is 0 Å². The van der Waals surface area contributed by atoms with E-state index in [2.05, 4.69) is 4.98 Å². The Morgan fingerprint density at radius 2 is 2.00 bits per heavy atom. The molecule has 0 atom stereocenters. The molecule has 1 aromatic carbocycles. The van der Waals surface area contributed by atoms with Crippen molar-refractivity contribution in [3.05, 3.63) is 52.1 Å². The van der Waals surface area contributed by atoms with Crippen molar-refractivity contribution < 1.29 is 9.72 Å². The van der Waals surface area contributed by atoms with E-state index < -0.39 is 4.92 Å². The second kappa shape index (κ2) is 7.04. The highest BCUT2D eigenvalue weighted by Crippen LogP contribution is 2.34. The molecule has 7 heteroatoms. The molecule has 0 aliphatic heterocycles. The Kier molecular flexibility index (Phi) is 4.83. The Bertz CT molecular complexity index is 791. The van der Waals surface area contributed by atoms with Crippen LogP contribution < -0.4 is 0 Å². The molecule has 1 aliphatic carbocycles. The fourth-order valence-electron chi connectivity index (χ4n) is 3.45. The van der Waals surface area contributed by atoms with Gasteiger partial charge in [-0.3, -0.25) is 19.5 Å². The second-order valence-electron chi connectivity index (χ2n) is 6.65. The normalized spacial score (nSPS) is 15.1. The van der Waals surface area contributed by atoms with E-state index in [1.54, 1.807) is 43.2 Å². The van der Waals surface area contributed by atoms with Crippen molar-refractivity contribution in [3.63, 3.8) is 0 Å². The number of carbonyl (C=O) groups is 1. The first-order valence-corrected chi connectivity index (χ1v) is 8.52. The molecule has 2 aromatic rings. The molecule has 1 amide bonds. The van der Waals surface area contributed by atoms with Crippen LogP contribution in [0.4, 0.5) is 5.69 Å². The molecule has 132 valence electrons. The second-order valence-corrected chi connectivity index (χ2v) is 6.65. The molecule has 0 N–H and O–H groups in total. The minimum absolute atomic E-state index is 0.0808. The zero-order chi connectivity index (χ0) is 18.0. The molecule has 0 bridgehead atoms. The predicted molar refractivity (Wildman–Crippen MR) is 94.1 cm³/mol. The smallest absolute Gasteiger partial charge is 0.294 e. The van der Waals surface area contributed by atoms with E-state index in [0.717, 1.165) is 31.5 Å². The molecule has 1 aromatic heterocycles. The Morgan fingerprint density at radius 3 is 2.64 bits per heavy atom. The molecule has 1 heterocycles. The minimum atomic E-state index is -0.438. The monoisotopic (exact) mass is 342 g/mol. The first-order chi connectivity index (χ1) is 12.0. The lowest BCUT2D eigenvalue weighted by Crippen LogP contribution is -2.22. The van der Waals surface area contributed by atoms with Crippen LogP contribution in [0.2, 0.25) is 0 Å². The molecule has 1 aliphatic rings. The van der Waals surface area contributed by atoms with Crippen LogP contribution >= 0.6 is 0 Å². The number of benzene rings is 1. The standard InChI is InChI=1S/C18H22N4O3/c1-20(2)18(23)14-8-9-15(16(12-14)22(24)25)21-11-10-19-17(21)13-6-4-3-5-7-13/h8-13H,3-7H2,1-2H3. The van der Waals surface area contributed by atoms with Crippen molar-refractivity contribution >= 4 is 11.6 Å². The molecule has 1 fully saturated rings. The minimum Gasteiger partial charge on any atom is -0.345 e. The van der Waals surface area contributed by atoms with Gasteiger partial charge in [-0.15, -0.1) is 0 Å². The van der Waals surface area contributed by atoms with Gasteiger partial charge in [0.05, 0.1) is 4.92 Å². The zero-order valence-corrected chi connectivity index (χ0v) is 14.5. The largest absolute Gasteiger partial charge is 0.345 e. The molecular formula is C18H22N4O3. The van der Waals surface area contributed by atoms with Crippen molar-refractivity contribution in [1.29, 1.82) is 0 Å². The van der Waals surface area contributed by atoms with Crippen LogP contribution in [-0.4, -0.2) is 39.4 Å². The average Bonchev–Trinajstić information content (AvgIpc) is 3.10. The van der Waals surface area contributed by atoms with Crippen LogP contribution in [0.15, 0.2) is 30.6 Å². The van der Waals surface area contributed by atoms with E-state index in [4.69, 9.17) is 0 Å². The van der Waals surface area contributed by atoms with E-state index in [0.29, 0.717) is 17.2 Å². The van der Waals surface area contributed by atoms with Gasteiger partial charge in [-0.2, -0.15) is 0 Å². The van der Waals surface area contributed by atoms with Crippen LogP contribution in [0.25, 0.3) is 5.69 Å². The van der Waals surface area contributed by atoms with E-state index in [1.165, 1.54) is 17.4 Å². The van der Waals surface area contributed by atoms with Gasteiger partial charge in [0.1, 0.15) is 11.5 Å². The van der Waals surface area contributed by atoms with Gasteiger partial charge < -0.3 is 4.90 Å². The van der Waals surface area contributed by atoms with Gasteiger partial charge in [-0.1, -0.05) is 19.3 Å². The van der Waals surface area contributed by atoms with Crippen LogP contribution in [0, 0.1) is 10.1 Å². The topological polar surface area (TPSA) is 81.3 Å². The van der Waals surface area contributed by atoms with Crippen molar-refractivity contribution in [1.82, 2.24) is 14.5 Å². The summed E-state index contributed by atoms with van der Waals surface area (Å²) < 4.78 is 1.80. The maximum atomic E-state index is 12.1. The molecule has 0 radical (unpaired) electrons. The summed E-state index contributed by atoms with van der Waals surface area (Å²) in [4.78, 5) is 29.1. The highest BCUT2D eigenvalue weighted by molar-refractivity contribution is 5.95. The van der Waals surface area contributed by atoms with Gasteiger partial charge in [0.15, 0.2) is 0 Å². The summed E-state index contributed by atoms with van der Waals surface area (Å²) in [6, 6.07) is 4.63. The summed E-state index contributed by atoms with van der Waals surface area (Å²) in [5, 5.41) is 11.6. The van der Waals surface area contributed by atoms with E-state index >= 15 is 0 Å². The number of amides is 1. The zero-order valence-electron chi connectivity index (χ0n) is 14.5. The number of imidazole rings is 1. The predicted octanol–water partition coefficient (Wildman–Crippen LogP) is 3.53. The number of hydrogen-bond acceptors (Lipinski definition) is 4. The lowest BCUT2D eigenvalue weighted by atomic mass is 9.88. The van der Waals surface area contributed by atoms with Crippen LogP contribution in [0.1, 0.15) is 54.2 Å². The number of nitro benzene ring substituents is 1. The maximum absolute atomic E-state index is 12.1. The highest BCUT2D eigenvalue weighted by atomic mass is 16.6. The van der Waals surface area contributed by atoms with E-state index in [9.17, 15) is 14.9 Å². The molecular weight excluding hydrogens is 320 g/mol. The van der Waals surface area contributed by atoms with Crippen molar-refractivity contribution in [2.75, 3.05) is 14.1 Å². The molecule has 3 rings (SSSR count). The van der Waals surface area contributed by atoms with Crippen LogP contribution in [-0.2, 0) is 0 Å². The van der Waals surface area contributed by atoms with Gasteiger partial charge in [-0.05, 0) is 25.0 Å². The molecule has 25 heavy (non-hydrogen) atoms. The lowest BCUT2D eigenvalue weighted by molar-refractivity contribution is -0.384. The van der Waals surface area contributed by atoms with E-state index in [-0.39, 0.29) is 11.6 Å². The summed E-state index contributed by atoms with van der Waals surface area (Å²) in [6.07, 6.45) is 9.13. The van der Waals surface area contributed by atoms with Gasteiger partial charge in [0.2, 0.25) is 0 Å². The number of carbonyl (C=O) groups excluding carboxylic acids is 1. The molecule has 0 saturated heterocycles. The average molecular weight is 342 g/mol. The maximum Gasteiger partial charge on any atom is 0.294 e. The number of nitrogens with zero attached hydrogens (tertiary/aromatic N) is 4. The van der Waals surface area contributed by atoms with Crippen molar-refractivity contribution in [3.8, 4) is 5.69 Å². The van der Waals surface area contributed by atoms with Crippen LogP contribution in [0.5, 0.6) is 0 Å². The van der Waals surface area contributed by atoms with Gasteiger partial charge in [-0.25, -0.2) is 4.98 Å². The first-order valence-electron chi connectivity index (χ1n) is 8.52.